The van der Waals surface area contributed by atoms with Gasteiger partial charge in [0.05, 0.1) is 10.6 Å². The van der Waals surface area contributed by atoms with E-state index in [2.05, 4.69) is 0 Å². The number of benzene rings is 1. The summed E-state index contributed by atoms with van der Waals surface area (Å²) in [7, 11) is -3.61. The molecule has 0 aromatic heterocycles. The molecular weight excluding hydrogens is 243 g/mol. The fraction of sp³-hybridized carbons (Fsp3) is 0.455. The first-order valence-electron chi connectivity index (χ1n) is 5.48. The van der Waals surface area contributed by atoms with E-state index in [9.17, 15) is 12.8 Å². The zero-order valence-corrected chi connectivity index (χ0v) is 10.8. The van der Waals surface area contributed by atoms with Crippen LogP contribution in [0.5, 0.6) is 0 Å². The van der Waals surface area contributed by atoms with E-state index < -0.39 is 15.8 Å². The Hall–Kier alpha value is -1.14. The van der Waals surface area contributed by atoms with E-state index in [4.69, 9.17) is 5.73 Å². The number of sulfonamides is 1. The highest BCUT2D eigenvalue weighted by atomic mass is 32.2. The Morgan fingerprint density at radius 3 is 2.47 bits per heavy atom. The van der Waals surface area contributed by atoms with Crippen molar-refractivity contribution in [1.82, 2.24) is 4.31 Å². The first-order chi connectivity index (χ1) is 7.93. The second kappa shape index (κ2) is 5.46. The van der Waals surface area contributed by atoms with Crippen LogP contribution in [-0.2, 0) is 10.0 Å². The van der Waals surface area contributed by atoms with Gasteiger partial charge in [0.2, 0.25) is 10.0 Å². The van der Waals surface area contributed by atoms with E-state index in [1.165, 1.54) is 16.4 Å². The van der Waals surface area contributed by atoms with E-state index in [0.29, 0.717) is 19.5 Å². The second-order valence-corrected chi connectivity index (χ2v) is 5.62. The van der Waals surface area contributed by atoms with Gasteiger partial charge in [-0.3, -0.25) is 0 Å². The maximum atomic E-state index is 13.3. The predicted molar refractivity (Wildman–Crippen MR) is 65.5 cm³/mol. The van der Waals surface area contributed by atoms with Gasteiger partial charge in [-0.15, -0.1) is 0 Å². The van der Waals surface area contributed by atoms with Gasteiger partial charge in [0.1, 0.15) is 5.82 Å². The minimum absolute atomic E-state index is 0.0533. The maximum Gasteiger partial charge on any atom is 0.243 e. The number of hydrogen-bond acceptors (Lipinski definition) is 3. The summed E-state index contributed by atoms with van der Waals surface area (Å²) in [6.45, 7) is 4.43. The van der Waals surface area contributed by atoms with Crippen LogP contribution in [0.25, 0.3) is 0 Å². The van der Waals surface area contributed by atoms with Crippen molar-refractivity contribution in [3.05, 3.63) is 24.0 Å². The number of hydrogen-bond donors (Lipinski definition) is 1. The summed E-state index contributed by atoms with van der Waals surface area (Å²) in [5.41, 5.74) is 5.26. The van der Waals surface area contributed by atoms with Gasteiger partial charge in [-0.05, 0) is 24.6 Å². The Labute approximate surface area is 101 Å². The Balaban J connectivity index is 3.15. The second-order valence-electron chi connectivity index (χ2n) is 3.68. The van der Waals surface area contributed by atoms with Crippen molar-refractivity contribution >= 4 is 15.7 Å². The lowest BCUT2D eigenvalue weighted by atomic mass is 10.3. The lowest BCUT2D eigenvalue weighted by molar-refractivity contribution is 0.426. The maximum absolute atomic E-state index is 13.3. The van der Waals surface area contributed by atoms with Crippen molar-refractivity contribution in [3.63, 3.8) is 0 Å². The van der Waals surface area contributed by atoms with Crippen molar-refractivity contribution in [1.29, 1.82) is 0 Å². The standard InChI is InChI=1S/C11H17FN2O2S/c1-3-7-14(4-2)17(15,16)9-5-6-11(13)10(12)8-9/h5-6,8H,3-4,7,13H2,1-2H3. The van der Waals surface area contributed by atoms with Gasteiger partial charge in [0.25, 0.3) is 0 Å². The van der Waals surface area contributed by atoms with Gasteiger partial charge < -0.3 is 5.73 Å². The third kappa shape index (κ3) is 2.95. The van der Waals surface area contributed by atoms with Crippen LogP contribution in [0.2, 0.25) is 0 Å². The van der Waals surface area contributed by atoms with Crippen LogP contribution in [0.3, 0.4) is 0 Å². The molecule has 0 heterocycles. The minimum Gasteiger partial charge on any atom is -0.396 e. The summed E-state index contributed by atoms with van der Waals surface area (Å²) < 4.78 is 38.8. The van der Waals surface area contributed by atoms with Crippen LogP contribution in [0.1, 0.15) is 20.3 Å². The molecule has 6 heteroatoms. The van der Waals surface area contributed by atoms with Gasteiger partial charge in [-0.2, -0.15) is 4.31 Å². The Kier molecular flexibility index (Phi) is 4.47. The van der Waals surface area contributed by atoms with E-state index in [-0.39, 0.29) is 10.6 Å². The van der Waals surface area contributed by atoms with Gasteiger partial charge in [0, 0.05) is 13.1 Å². The van der Waals surface area contributed by atoms with Gasteiger partial charge in [-0.25, -0.2) is 12.8 Å². The molecular formula is C11H17FN2O2S. The number of halogens is 1. The fourth-order valence-electron chi connectivity index (χ4n) is 1.52. The van der Waals surface area contributed by atoms with Crippen LogP contribution in [0, 0.1) is 5.82 Å². The molecule has 0 saturated carbocycles. The molecule has 0 unspecified atom stereocenters. The molecule has 0 spiro atoms. The number of nitrogens with zero attached hydrogens (tertiary/aromatic N) is 1. The molecule has 1 aromatic carbocycles. The topological polar surface area (TPSA) is 63.4 Å². The average molecular weight is 260 g/mol. The zero-order valence-electron chi connectivity index (χ0n) is 9.98. The van der Waals surface area contributed by atoms with E-state index in [1.54, 1.807) is 6.92 Å². The molecule has 96 valence electrons. The van der Waals surface area contributed by atoms with Crippen molar-refractivity contribution < 1.29 is 12.8 Å². The van der Waals surface area contributed by atoms with E-state index in [1.807, 2.05) is 6.92 Å². The molecule has 0 radical (unpaired) electrons. The molecule has 17 heavy (non-hydrogen) atoms. The van der Waals surface area contributed by atoms with Crippen molar-refractivity contribution in [2.24, 2.45) is 0 Å². The summed E-state index contributed by atoms with van der Waals surface area (Å²) in [6.07, 6.45) is 0.713. The molecule has 1 aromatic rings. The lowest BCUT2D eigenvalue weighted by Gasteiger charge is -2.19. The molecule has 0 bridgehead atoms. The molecule has 0 amide bonds. The van der Waals surface area contributed by atoms with Crippen LogP contribution in [0.4, 0.5) is 10.1 Å². The molecule has 2 N–H and O–H groups in total. The summed E-state index contributed by atoms with van der Waals surface area (Å²) >= 11 is 0. The van der Waals surface area contributed by atoms with Crippen LogP contribution in [0.15, 0.2) is 23.1 Å². The Bertz CT molecular complexity index is 488. The molecule has 0 fully saturated rings. The fourth-order valence-corrected chi connectivity index (χ4v) is 3.07. The monoisotopic (exact) mass is 260 g/mol. The Morgan fingerprint density at radius 2 is 2.00 bits per heavy atom. The number of rotatable bonds is 5. The van der Waals surface area contributed by atoms with E-state index in [0.717, 1.165) is 6.07 Å². The van der Waals surface area contributed by atoms with Crippen LogP contribution in [-0.4, -0.2) is 25.8 Å². The first kappa shape index (κ1) is 13.9. The highest BCUT2D eigenvalue weighted by molar-refractivity contribution is 7.89. The van der Waals surface area contributed by atoms with Gasteiger partial charge >= 0.3 is 0 Å². The van der Waals surface area contributed by atoms with Crippen LogP contribution < -0.4 is 5.73 Å². The lowest BCUT2D eigenvalue weighted by Crippen LogP contribution is -2.31. The van der Waals surface area contributed by atoms with Crippen molar-refractivity contribution in [3.8, 4) is 0 Å². The Morgan fingerprint density at radius 1 is 1.35 bits per heavy atom. The average Bonchev–Trinajstić information content (AvgIpc) is 2.29. The minimum atomic E-state index is -3.61. The third-order valence-corrected chi connectivity index (χ3v) is 4.41. The van der Waals surface area contributed by atoms with Crippen LogP contribution >= 0.6 is 0 Å². The highest BCUT2D eigenvalue weighted by Crippen LogP contribution is 2.20. The van der Waals surface area contributed by atoms with Crippen molar-refractivity contribution in [2.45, 2.75) is 25.2 Å². The number of nitrogens with two attached hydrogens (primary N) is 1. The molecule has 0 atom stereocenters. The van der Waals surface area contributed by atoms with Gasteiger partial charge in [0.15, 0.2) is 0 Å². The van der Waals surface area contributed by atoms with Gasteiger partial charge in [-0.1, -0.05) is 13.8 Å². The highest BCUT2D eigenvalue weighted by Gasteiger charge is 2.22. The summed E-state index contributed by atoms with van der Waals surface area (Å²) in [5, 5.41) is 0. The largest absolute Gasteiger partial charge is 0.396 e. The molecule has 0 aliphatic rings. The smallest absolute Gasteiger partial charge is 0.243 e. The zero-order chi connectivity index (χ0) is 13.1. The molecule has 0 aliphatic heterocycles. The quantitative estimate of drug-likeness (QED) is 0.821. The summed E-state index contributed by atoms with van der Waals surface area (Å²) in [6, 6.07) is 3.55. The molecule has 0 saturated heterocycles. The van der Waals surface area contributed by atoms with Crippen molar-refractivity contribution in [2.75, 3.05) is 18.8 Å². The van der Waals surface area contributed by atoms with E-state index >= 15 is 0 Å². The molecule has 1 rings (SSSR count). The summed E-state index contributed by atoms with van der Waals surface area (Å²) in [5.74, 6) is -0.710. The summed E-state index contributed by atoms with van der Waals surface area (Å²) in [4.78, 5) is -0.0560. The number of anilines is 1. The SMILES string of the molecule is CCCN(CC)S(=O)(=O)c1ccc(N)c(F)c1. The third-order valence-electron chi connectivity index (χ3n) is 2.44. The molecule has 0 aliphatic carbocycles. The molecule has 4 nitrogen and oxygen atoms in total. The normalized spacial score (nSPS) is 12.0. The predicted octanol–water partition coefficient (Wildman–Crippen LogP) is 1.83. The number of nitrogen functional groups attached to an aromatic ring is 1. The first-order valence-corrected chi connectivity index (χ1v) is 6.92.